The van der Waals surface area contributed by atoms with E-state index in [1.165, 1.54) is 24.3 Å². The minimum Gasteiger partial charge on any atom is -0.493 e. The highest BCUT2D eigenvalue weighted by molar-refractivity contribution is 6.15. The smallest absolute Gasteiger partial charge is 0.493 e. The highest BCUT2D eigenvalue weighted by Crippen LogP contribution is 2.27. The monoisotopic (exact) mass is 366 g/mol. The van der Waals surface area contributed by atoms with Crippen molar-refractivity contribution in [2.24, 2.45) is 0 Å². The predicted molar refractivity (Wildman–Crippen MR) is 89.7 cm³/mol. The minimum atomic E-state index is -4.18. The second-order valence-electron chi connectivity index (χ2n) is 5.16. The van der Waals surface area contributed by atoms with E-state index in [1.807, 2.05) is 0 Å². The fourth-order valence-corrected chi connectivity index (χ4v) is 1.93. The molecule has 0 saturated carbocycles. The Balaban J connectivity index is 1.93. The summed E-state index contributed by atoms with van der Waals surface area (Å²) < 4.78 is 53.3. The number of carbonyl (C=O) groups excluding carboxylic acids is 1. The van der Waals surface area contributed by atoms with E-state index < -0.39 is 18.9 Å². The number of carbonyl (C=O) groups is 1. The first-order valence-corrected chi connectivity index (χ1v) is 7.74. The molecule has 0 aliphatic carbocycles. The van der Waals surface area contributed by atoms with Crippen LogP contribution in [0.2, 0.25) is 0 Å². The number of halogens is 3. The van der Waals surface area contributed by atoms with Crippen molar-refractivity contribution in [1.29, 1.82) is 0 Å². The van der Waals surface area contributed by atoms with Gasteiger partial charge in [0.05, 0.1) is 18.9 Å². The normalized spacial score (nSPS) is 10.9. The molecule has 0 saturated heterocycles. The summed E-state index contributed by atoms with van der Waals surface area (Å²) in [6.45, 7) is 3.12. The van der Waals surface area contributed by atoms with Crippen LogP contribution in [0.25, 0.3) is 5.57 Å². The Morgan fingerprint density at radius 1 is 1.00 bits per heavy atom. The zero-order valence-corrected chi connectivity index (χ0v) is 13.8. The molecule has 0 aliphatic rings. The summed E-state index contributed by atoms with van der Waals surface area (Å²) in [6, 6.07) is 13.3. The van der Waals surface area contributed by atoms with Gasteiger partial charge in [0.1, 0.15) is 11.5 Å². The van der Waals surface area contributed by atoms with E-state index in [-0.39, 0.29) is 24.4 Å². The van der Waals surface area contributed by atoms with Gasteiger partial charge in [-0.05, 0) is 29.8 Å². The van der Waals surface area contributed by atoms with E-state index >= 15 is 0 Å². The van der Waals surface area contributed by atoms with Crippen LogP contribution in [-0.2, 0) is 9.53 Å². The zero-order chi connectivity index (χ0) is 19.0. The minimum absolute atomic E-state index is 0.173. The van der Waals surface area contributed by atoms with E-state index in [1.54, 1.807) is 30.3 Å². The van der Waals surface area contributed by atoms with Crippen molar-refractivity contribution in [3.63, 3.8) is 0 Å². The maximum atomic E-state index is 13.8. The largest absolute Gasteiger partial charge is 0.588 e. The van der Waals surface area contributed by atoms with Crippen molar-refractivity contribution in [3.05, 3.63) is 66.7 Å². The van der Waals surface area contributed by atoms with Crippen molar-refractivity contribution in [2.45, 2.75) is 12.7 Å². The zero-order valence-electron chi connectivity index (χ0n) is 13.8. The Hall–Kier alpha value is -2.96. The van der Waals surface area contributed by atoms with Gasteiger partial charge < -0.3 is 14.2 Å². The average molecular weight is 366 g/mol. The standard InChI is InChI=1S/C19H17F3O4/c1-14(15-6-3-2-4-7-15)18(23)26-19(21,22)25-17-10-8-16(9-11-17)24-13-5-12-20/h2-4,6-11H,1,5,12-13H2. The van der Waals surface area contributed by atoms with Gasteiger partial charge in [-0.1, -0.05) is 36.9 Å². The van der Waals surface area contributed by atoms with E-state index in [9.17, 15) is 18.0 Å². The average Bonchev–Trinajstić information content (AvgIpc) is 2.63. The van der Waals surface area contributed by atoms with Crippen LogP contribution in [0.3, 0.4) is 0 Å². The number of hydrogen-bond donors (Lipinski definition) is 0. The maximum Gasteiger partial charge on any atom is 0.588 e. The fourth-order valence-electron chi connectivity index (χ4n) is 1.93. The van der Waals surface area contributed by atoms with E-state index in [2.05, 4.69) is 16.1 Å². The first-order valence-electron chi connectivity index (χ1n) is 7.74. The first kappa shape index (κ1) is 19.4. The summed E-state index contributed by atoms with van der Waals surface area (Å²) in [5.41, 5.74) is 0.147. The van der Waals surface area contributed by atoms with Gasteiger partial charge in [0.15, 0.2) is 0 Å². The fraction of sp³-hybridized carbons (Fsp3) is 0.211. The number of ether oxygens (including phenoxy) is 3. The number of alkyl halides is 3. The van der Waals surface area contributed by atoms with Crippen LogP contribution in [-0.4, -0.2) is 25.5 Å². The summed E-state index contributed by atoms with van der Waals surface area (Å²) >= 11 is 0. The molecule has 138 valence electrons. The van der Waals surface area contributed by atoms with Gasteiger partial charge in [0, 0.05) is 6.42 Å². The summed E-state index contributed by atoms with van der Waals surface area (Å²) in [7, 11) is 0. The SMILES string of the molecule is C=C(C(=O)OC(F)(F)Oc1ccc(OCCCF)cc1)c1ccccc1. The second kappa shape index (κ2) is 8.94. The van der Waals surface area contributed by atoms with E-state index in [0.717, 1.165) is 0 Å². The Morgan fingerprint density at radius 2 is 1.62 bits per heavy atom. The van der Waals surface area contributed by atoms with Crippen LogP contribution >= 0.6 is 0 Å². The van der Waals surface area contributed by atoms with E-state index in [4.69, 9.17) is 4.74 Å². The van der Waals surface area contributed by atoms with Crippen molar-refractivity contribution in [3.8, 4) is 11.5 Å². The molecule has 0 bridgehead atoms. The van der Waals surface area contributed by atoms with E-state index in [0.29, 0.717) is 11.3 Å². The molecule has 7 heteroatoms. The number of hydrogen-bond acceptors (Lipinski definition) is 4. The number of benzene rings is 2. The second-order valence-corrected chi connectivity index (χ2v) is 5.16. The van der Waals surface area contributed by atoms with Crippen LogP contribution in [0.15, 0.2) is 61.2 Å². The predicted octanol–water partition coefficient (Wildman–Crippen LogP) is 4.61. The molecule has 0 aliphatic heterocycles. The summed E-state index contributed by atoms with van der Waals surface area (Å²) in [5.74, 6) is -1.15. The summed E-state index contributed by atoms with van der Waals surface area (Å²) in [4.78, 5) is 11.8. The van der Waals surface area contributed by atoms with Gasteiger partial charge in [-0.3, -0.25) is 4.39 Å². The molecular formula is C19H17F3O4. The molecule has 4 nitrogen and oxygen atoms in total. The van der Waals surface area contributed by atoms with Gasteiger partial charge >= 0.3 is 12.3 Å². The van der Waals surface area contributed by atoms with Crippen LogP contribution in [0, 0.1) is 0 Å². The summed E-state index contributed by atoms with van der Waals surface area (Å²) in [5, 5.41) is 0. The third kappa shape index (κ3) is 5.84. The molecule has 2 rings (SSSR count). The lowest BCUT2D eigenvalue weighted by Crippen LogP contribution is -2.31. The van der Waals surface area contributed by atoms with Crippen LogP contribution in [0.1, 0.15) is 12.0 Å². The van der Waals surface area contributed by atoms with Gasteiger partial charge in [-0.25, -0.2) is 4.79 Å². The van der Waals surface area contributed by atoms with Gasteiger partial charge in [-0.15, -0.1) is 8.78 Å². The van der Waals surface area contributed by atoms with Gasteiger partial charge in [0.25, 0.3) is 0 Å². The first-order chi connectivity index (χ1) is 12.4. The Bertz CT molecular complexity index is 730. The lowest BCUT2D eigenvalue weighted by atomic mass is 10.1. The van der Waals surface area contributed by atoms with Crippen molar-refractivity contribution in [2.75, 3.05) is 13.3 Å². The highest BCUT2D eigenvalue weighted by atomic mass is 19.3. The molecule has 0 N–H and O–H groups in total. The Labute approximate surface area is 148 Å². The Morgan fingerprint density at radius 3 is 2.23 bits per heavy atom. The summed E-state index contributed by atoms with van der Waals surface area (Å²) in [6.07, 6.45) is -3.94. The lowest BCUT2D eigenvalue weighted by molar-refractivity contribution is -0.331. The van der Waals surface area contributed by atoms with Crippen molar-refractivity contribution >= 4 is 11.5 Å². The third-order valence-electron chi connectivity index (χ3n) is 3.19. The van der Waals surface area contributed by atoms with Crippen LogP contribution < -0.4 is 9.47 Å². The molecular weight excluding hydrogens is 349 g/mol. The lowest BCUT2D eigenvalue weighted by Gasteiger charge is -2.18. The van der Waals surface area contributed by atoms with Crippen LogP contribution in [0.4, 0.5) is 13.2 Å². The highest BCUT2D eigenvalue weighted by Gasteiger charge is 2.39. The van der Waals surface area contributed by atoms with Crippen molar-refractivity contribution < 1.29 is 32.2 Å². The molecule has 0 amide bonds. The van der Waals surface area contributed by atoms with Crippen molar-refractivity contribution in [1.82, 2.24) is 0 Å². The third-order valence-corrected chi connectivity index (χ3v) is 3.19. The molecule has 0 fully saturated rings. The number of esters is 1. The molecule has 0 radical (unpaired) electrons. The molecule has 26 heavy (non-hydrogen) atoms. The quantitative estimate of drug-likeness (QED) is 0.281. The maximum absolute atomic E-state index is 13.8. The van der Waals surface area contributed by atoms with Crippen LogP contribution in [0.5, 0.6) is 11.5 Å². The molecule has 0 spiro atoms. The van der Waals surface area contributed by atoms with Gasteiger partial charge in [0.2, 0.25) is 0 Å². The van der Waals surface area contributed by atoms with Gasteiger partial charge in [-0.2, -0.15) is 0 Å². The molecule has 2 aromatic carbocycles. The number of rotatable bonds is 9. The topological polar surface area (TPSA) is 44.8 Å². The molecule has 0 unspecified atom stereocenters. The molecule has 0 aromatic heterocycles. The molecule has 0 atom stereocenters. The molecule has 0 heterocycles. The molecule has 2 aromatic rings. The Kier molecular flexibility index (Phi) is 6.66.